The molecule has 4 heteroatoms. The first kappa shape index (κ1) is 15.7. The fraction of sp³-hybridized carbons (Fsp3) is 0.500. The molecule has 1 aromatic rings. The lowest BCUT2D eigenvalue weighted by molar-refractivity contribution is 0.520. The minimum Gasteiger partial charge on any atom is -0.317 e. The van der Waals surface area contributed by atoms with Crippen LogP contribution in [0.25, 0.3) is 0 Å². The lowest BCUT2D eigenvalue weighted by Crippen LogP contribution is -2.21. The zero-order valence-corrected chi connectivity index (χ0v) is 7.37. The van der Waals surface area contributed by atoms with Crippen LogP contribution in [0.1, 0.15) is 19.3 Å². The van der Waals surface area contributed by atoms with Crippen LogP contribution in [0.2, 0.25) is 0 Å². The Morgan fingerprint density at radius 3 is 1.50 bits per heavy atom. The second-order valence-electron chi connectivity index (χ2n) is 2.84. The van der Waals surface area contributed by atoms with Crippen LogP contribution in [0, 0.1) is 0 Å². The second-order valence-corrected chi connectivity index (χ2v) is 2.84. The summed E-state index contributed by atoms with van der Waals surface area (Å²) in [4.78, 5) is 3.78. The molecule has 0 radical (unpaired) electrons. The minimum absolute atomic E-state index is 0. The highest BCUT2D eigenvalue weighted by Gasteiger charge is 1.93. The van der Waals surface area contributed by atoms with Gasteiger partial charge in [0.25, 0.3) is 0 Å². The molecule has 0 atom stereocenters. The summed E-state index contributed by atoms with van der Waals surface area (Å²) >= 11 is 0. The van der Waals surface area contributed by atoms with Gasteiger partial charge in [-0.2, -0.15) is 0 Å². The summed E-state index contributed by atoms with van der Waals surface area (Å²) < 4.78 is 0. The summed E-state index contributed by atoms with van der Waals surface area (Å²) in [5.74, 6) is 0. The maximum absolute atomic E-state index is 3.78. The molecule has 0 unspecified atom stereocenters. The highest BCUT2D eigenvalue weighted by atomic mass is 14.9. The number of hydrogen-bond donors (Lipinski definition) is 1. The van der Waals surface area contributed by atoms with Gasteiger partial charge in [0.2, 0.25) is 0 Å². The quantitative estimate of drug-likeness (QED) is 0.559. The third-order valence-corrected chi connectivity index (χ3v) is 1.77. The summed E-state index contributed by atoms with van der Waals surface area (Å²) in [7, 11) is 0. The van der Waals surface area contributed by atoms with E-state index in [1.54, 1.807) is 12.4 Å². The third kappa shape index (κ3) is 9.33. The normalized spacial score (nSPS) is 13.7. The molecule has 78 valence electrons. The van der Waals surface area contributed by atoms with Gasteiger partial charge in [-0.15, -0.1) is 0 Å². The molecule has 0 amide bonds. The Labute approximate surface area is 90.7 Å². The van der Waals surface area contributed by atoms with E-state index in [-0.39, 0.29) is 16.8 Å². The number of pyridine rings is 1. The number of rotatable bonds is 0. The van der Waals surface area contributed by atoms with Crippen LogP contribution in [0.4, 0.5) is 0 Å². The number of hydrogen-bond acceptors (Lipinski definition) is 2. The van der Waals surface area contributed by atoms with E-state index in [0.717, 1.165) is 0 Å². The van der Waals surface area contributed by atoms with Gasteiger partial charge in [0, 0.05) is 12.4 Å². The van der Waals surface area contributed by atoms with Crippen molar-refractivity contribution in [2.75, 3.05) is 13.1 Å². The molecule has 0 saturated carbocycles. The van der Waals surface area contributed by atoms with Crippen molar-refractivity contribution in [3.05, 3.63) is 30.6 Å². The lowest BCUT2D eigenvalue weighted by Gasteiger charge is -2.08. The topological polar surface area (TPSA) is 24.9 Å². The highest BCUT2D eigenvalue weighted by Crippen LogP contribution is 1.96. The molecular formula is C10H22B2N2. The predicted molar refractivity (Wildman–Crippen MR) is 70.8 cm³/mol. The zero-order chi connectivity index (χ0) is 8.49. The molecule has 0 bridgehead atoms. The summed E-state index contributed by atoms with van der Waals surface area (Å²) in [6.45, 7) is 2.50. The Morgan fingerprint density at radius 2 is 1.36 bits per heavy atom. The first-order valence-electron chi connectivity index (χ1n) is 4.56. The molecule has 1 fully saturated rings. The van der Waals surface area contributed by atoms with Crippen molar-refractivity contribution >= 4 is 16.8 Å². The van der Waals surface area contributed by atoms with Crippen LogP contribution >= 0.6 is 0 Å². The third-order valence-electron chi connectivity index (χ3n) is 1.77. The molecule has 1 saturated heterocycles. The van der Waals surface area contributed by atoms with E-state index in [1.807, 2.05) is 18.2 Å². The van der Waals surface area contributed by atoms with Crippen molar-refractivity contribution in [1.29, 1.82) is 0 Å². The van der Waals surface area contributed by atoms with Gasteiger partial charge in [-0.3, -0.25) is 4.98 Å². The molecular weight excluding hydrogens is 170 g/mol. The first-order valence-corrected chi connectivity index (χ1v) is 4.56. The van der Waals surface area contributed by atoms with Crippen molar-refractivity contribution in [1.82, 2.24) is 10.3 Å². The maximum atomic E-state index is 3.78. The van der Waals surface area contributed by atoms with Crippen molar-refractivity contribution in [2.24, 2.45) is 0 Å². The fourth-order valence-electron chi connectivity index (χ4n) is 1.11. The monoisotopic (exact) mass is 192 g/mol. The van der Waals surface area contributed by atoms with E-state index < -0.39 is 0 Å². The maximum Gasteiger partial charge on any atom is 0.0814 e. The zero-order valence-electron chi connectivity index (χ0n) is 7.37. The standard InChI is InChI=1S/C5H11N.C5H5N.2BH3/c2*1-2-4-6-5-3-1;;/h6H,1-5H2;1-5H;2*1H3. The largest absolute Gasteiger partial charge is 0.317 e. The van der Waals surface area contributed by atoms with Crippen LogP contribution < -0.4 is 5.32 Å². The van der Waals surface area contributed by atoms with Crippen molar-refractivity contribution in [2.45, 2.75) is 19.3 Å². The average molecular weight is 192 g/mol. The summed E-state index contributed by atoms with van der Waals surface area (Å²) in [5, 5.41) is 3.28. The Kier molecular flexibility index (Phi) is 13.7. The van der Waals surface area contributed by atoms with Crippen LogP contribution in [0.15, 0.2) is 30.6 Å². The molecule has 1 aliphatic rings. The molecule has 2 rings (SSSR count). The SMILES string of the molecule is B.B.C1CCNCC1.c1ccncc1. The van der Waals surface area contributed by atoms with Crippen molar-refractivity contribution in [3.63, 3.8) is 0 Å². The Bertz CT molecular complexity index is 141. The lowest BCUT2D eigenvalue weighted by atomic mass is 10.2. The molecule has 14 heavy (non-hydrogen) atoms. The number of nitrogens with zero attached hydrogens (tertiary/aromatic N) is 1. The molecule has 1 aromatic heterocycles. The van der Waals surface area contributed by atoms with Gasteiger partial charge < -0.3 is 5.32 Å². The smallest absolute Gasteiger partial charge is 0.0814 e. The van der Waals surface area contributed by atoms with Crippen LogP contribution in [0.3, 0.4) is 0 Å². The number of aromatic nitrogens is 1. The molecule has 2 nitrogen and oxygen atoms in total. The Hall–Kier alpha value is -0.760. The fourth-order valence-corrected chi connectivity index (χ4v) is 1.11. The average Bonchev–Trinajstić information content (AvgIpc) is 2.24. The van der Waals surface area contributed by atoms with E-state index >= 15 is 0 Å². The molecule has 2 heterocycles. The van der Waals surface area contributed by atoms with Crippen LogP contribution in [-0.4, -0.2) is 34.9 Å². The molecule has 1 N–H and O–H groups in total. The highest BCUT2D eigenvalue weighted by molar-refractivity contribution is 5.76. The van der Waals surface area contributed by atoms with E-state index in [0.29, 0.717) is 0 Å². The number of nitrogens with one attached hydrogen (secondary N) is 1. The van der Waals surface area contributed by atoms with E-state index in [4.69, 9.17) is 0 Å². The predicted octanol–water partition coefficient (Wildman–Crippen LogP) is -0.526. The Balaban J connectivity index is 0. The van der Waals surface area contributed by atoms with Crippen LogP contribution in [-0.2, 0) is 0 Å². The van der Waals surface area contributed by atoms with Gasteiger partial charge in [0.15, 0.2) is 0 Å². The van der Waals surface area contributed by atoms with E-state index in [9.17, 15) is 0 Å². The van der Waals surface area contributed by atoms with E-state index in [1.165, 1.54) is 32.4 Å². The van der Waals surface area contributed by atoms with Gasteiger partial charge >= 0.3 is 0 Å². The van der Waals surface area contributed by atoms with E-state index in [2.05, 4.69) is 10.3 Å². The van der Waals surface area contributed by atoms with Crippen LogP contribution in [0.5, 0.6) is 0 Å². The van der Waals surface area contributed by atoms with Crippen molar-refractivity contribution < 1.29 is 0 Å². The summed E-state index contributed by atoms with van der Waals surface area (Å²) in [5.41, 5.74) is 0. The molecule has 1 aliphatic heterocycles. The first-order chi connectivity index (χ1) is 6.00. The van der Waals surface area contributed by atoms with Gasteiger partial charge in [-0.05, 0) is 38.1 Å². The second kappa shape index (κ2) is 12.2. The summed E-state index contributed by atoms with van der Waals surface area (Å²) in [6.07, 6.45) is 7.72. The van der Waals surface area contributed by atoms with Gasteiger partial charge in [0.1, 0.15) is 0 Å². The van der Waals surface area contributed by atoms with Gasteiger partial charge in [0.05, 0.1) is 16.8 Å². The van der Waals surface area contributed by atoms with Gasteiger partial charge in [-0.25, -0.2) is 0 Å². The molecule has 0 spiro atoms. The number of piperidine rings is 1. The molecule has 0 aromatic carbocycles. The minimum atomic E-state index is 0. The van der Waals surface area contributed by atoms with Gasteiger partial charge in [-0.1, -0.05) is 12.5 Å². The Morgan fingerprint density at radius 1 is 0.786 bits per heavy atom. The van der Waals surface area contributed by atoms with Crippen molar-refractivity contribution in [3.8, 4) is 0 Å². The molecule has 0 aliphatic carbocycles. The summed E-state index contributed by atoms with van der Waals surface area (Å²) in [6, 6.07) is 5.72.